The first-order valence-electron chi connectivity index (χ1n) is 7.08. The van der Waals surface area contributed by atoms with Crippen molar-refractivity contribution in [2.45, 2.75) is 0 Å². The maximum absolute atomic E-state index is 12.1. The fraction of sp³-hybridized carbons (Fsp3) is 0.111. The van der Waals surface area contributed by atoms with E-state index >= 15 is 0 Å². The summed E-state index contributed by atoms with van der Waals surface area (Å²) in [4.78, 5) is 22.9. The number of ether oxygens (including phenoxy) is 2. The SMILES string of the molecule is COc1ccc(C(=O)/C=C\Nc2ccc(C(=O)O)cc2)cc1OC. The summed E-state index contributed by atoms with van der Waals surface area (Å²) in [5.74, 6) is -0.157. The Kier molecular flexibility index (Phi) is 5.57. The molecule has 0 bridgehead atoms. The third-order valence-corrected chi connectivity index (χ3v) is 3.28. The van der Waals surface area contributed by atoms with Gasteiger partial charge in [-0.15, -0.1) is 0 Å². The number of carbonyl (C=O) groups is 2. The molecule has 2 aromatic carbocycles. The van der Waals surface area contributed by atoms with Crippen molar-refractivity contribution in [2.24, 2.45) is 0 Å². The van der Waals surface area contributed by atoms with Crippen molar-refractivity contribution in [2.75, 3.05) is 19.5 Å². The number of methoxy groups -OCH3 is 2. The van der Waals surface area contributed by atoms with Crippen molar-refractivity contribution in [3.05, 3.63) is 65.9 Å². The molecule has 2 N–H and O–H groups in total. The fourth-order valence-electron chi connectivity index (χ4n) is 2.01. The Morgan fingerprint density at radius 1 is 0.958 bits per heavy atom. The second-order valence-corrected chi connectivity index (χ2v) is 4.79. The average Bonchev–Trinajstić information content (AvgIpc) is 2.61. The van der Waals surface area contributed by atoms with Crippen molar-refractivity contribution in [3.8, 4) is 11.5 Å². The maximum atomic E-state index is 12.1. The molecule has 0 saturated carbocycles. The summed E-state index contributed by atoms with van der Waals surface area (Å²) in [6, 6.07) is 11.1. The second-order valence-electron chi connectivity index (χ2n) is 4.79. The fourth-order valence-corrected chi connectivity index (χ4v) is 2.01. The molecule has 0 unspecified atom stereocenters. The molecule has 0 aliphatic heterocycles. The minimum atomic E-state index is -0.985. The summed E-state index contributed by atoms with van der Waals surface area (Å²) in [5, 5.41) is 11.7. The van der Waals surface area contributed by atoms with E-state index in [1.54, 1.807) is 30.3 Å². The molecule has 2 rings (SSSR count). The van der Waals surface area contributed by atoms with E-state index in [0.717, 1.165) is 0 Å². The molecule has 0 saturated heterocycles. The van der Waals surface area contributed by atoms with Gasteiger partial charge in [-0.2, -0.15) is 0 Å². The zero-order chi connectivity index (χ0) is 17.5. The maximum Gasteiger partial charge on any atom is 0.335 e. The third kappa shape index (κ3) is 4.13. The van der Waals surface area contributed by atoms with E-state index in [9.17, 15) is 9.59 Å². The van der Waals surface area contributed by atoms with Gasteiger partial charge in [-0.25, -0.2) is 4.79 Å². The number of rotatable bonds is 7. The number of anilines is 1. The number of carboxylic acid groups (broad SMARTS) is 1. The predicted octanol–water partition coefficient (Wildman–Crippen LogP) is 3.21. The van der Waals surface area contributed by atoms with Crippen LogP contribution >= 0.6 is 0 Å². The summed E-state index contributed by atoms with van der Waals surface area (Å²) in [6.07, 6.45) is 2.88. The number of aromatic carboxylic acids is 1. The van der Waals surface area contributed by atoms with Crippen LogP contribution in [0.4, 0.5) is 5.69 Å². The molecular formula is C18H17NO5. The highest BCUT2D eigenvalue weighted by Crippen LogP contribution is 2.27. The highest BCUT2D eigenvalue weighted by molar-refractivity contribution is 6.05. The molecule has 6 heteroatoms. The molecule has 2 aromatic rings. The molecule has 0 heterocycles. The molecule has 0 spiro atoms. The summed E-state index contributed by atoms with van der Waals surface area (Å²) < 4.78 is 10.3. The Labute approximate surface area is 139 Å². The molecule has 0 fully saturated rings. The van der Waals surface area contributed by atoms with Crippen LogP contribution in [0.5, 0.6) is 11.5 Å². The number of benzene rings is 2. The van der Waals surface area contributed by atoms with Crippen LogP contribution in [0.3, 0.4) is 0 Å². The predicted molar refractivity (Wildman–Crippen MR) is 90.0 cm³/mol. The molecule has 24 heavy (non-hydrogen) atoms. The van der Waals surface area contributed by atoms with E-state index in [2.05, 4.69) is 5.32 Å². The van der Waals surface area contributed by atoms with Gasteiger partial charge < -0.3 is 19.9 Å². The Morgan fingerprint density at radius 3 is 2.17 bits per heavy atom. The molecule has 0 amide bonds. The van der Waals surface area contributed by atoms with Crippen LogP contribution in [0.1, 0.15) is 20.7 Å². The van der Waals surface area contributed by atoms with Crippen molar-refractivity contribution in [3.63, 3.8) is 0 Å². The standard InChI is InChI=1S/C18H17NO5/c1-23-16-8-5-13(11-17(16)24-2)15(20)9-10-19-14-6-3-12(4-7-14)18(21)22/h3-11,19H,1-2H3,(H,21,22)/b10-9-. The molecule has 0 atom stereocenters. The lowest BCUT2D eigenvalue weighted by molar-refractivity contribution is 0.0696. The van der Waals surface area contributed by atoms with Crippen LogP contribution in [0.2, 0.25) is 0 Å². The van der Waals surface area contributed by atoms with Gasteiger partial charge in [0.2, 0.25) is 0 Å². The van der Waals surface area contributed by atoms with Gasteiger partial charge >= 0.3 is 5.97 Å². The van der Waals surface area contributed by atoms with Crippen LogP contribution in [0, 0.1) is 0 Å². The molecule has 0 aliphatic carbocycles. The van der Waals surface area contributed by atoms with Gasteiger partial charge in [-0.05, 0) is 42.5 Å². The monoisotopic (exact) mass is 327 g/mol. The smallest absolute Gasteiger partial charge is 0.335 e. The van der Waals surface area contributed by atoms with Crippen LogP contribution in [0.25, 0.3) is 0 Å². The molecule has 6 nitrogen and oxygen atoms in total. The number of hydrogen-bond donors (Lipinski definition) is 2. The van der Waals surface area contributed by atoms with Gasteiger partial charge in [0.1, 0.15) is 0 Å². The number of ketones is 1. The Bertz CT molecular complexity index is 765. The first kappa shape index (κ1) is 17.1. The van der Waals surface area contributed by atoms with Crippen molar-refractivity contribution >= 4 is 17.4 Å². The molecule has 124 valence electrons. The van der Waals surface area contributed by atoms with Gasteiger partial charge in [0.05, 0.1) is 19.8 Å². The van der Waals surface area contributed by atoms with E-state index in [1.807, 2.05) is 0 Å². The van der Waals surface area contributed by atoms with Crippen molar-refractivity contribution in [1.29, 1.82) is 0 Å². The number of carbonyl (C=O) groups excluding carboxylic acids is 1. The Hall–Kier alpha value is -3.28. The highest BCUT2D eigenvalue weighted by Gasteiger charge is 2.08. The summed E-state index contributed by atoms with van der Waals surface area (Å²) in [6.45, 7) is 0. The zero-order valence-electron chi connectivity index (χ0n) is 13.3. The van der Waals surface area contributed by atoms with E-state index in [0.29, 0.717) is 22.7 Å². The number of nitrogens with one attached hydrogen (secondary N) is 1. The zero-order valence-corrected chi connectivity index (χ0v) is 13.3. The van der Waals surface area contributed by atoms with Gasteiger partial charge in [-0.1, -0.05) is 0 Å². The van der Waals surface area contributed by atoms with E-state index < -0.39 is 5.97 Å². The number of carboxylic acids is 1. The molecule has 0 aliphatic rings. The minimum Gasteiger partial charge on any atom is -0.493 e. The first-order valence-corrected chi connectivity index (χ1v) is 7.08. The highest BCUT2D eigenvalue weighted by atomic mass is 16.5. The first-order chi connectivity index (χ1) is 11.5. The second kappa shape index (κ2) is 7.82. The van der Waals surface area contributed by atoms with Crippen LogP contribution in [-0.4, -0.2) is 31.1 Å². The lowest BCUT2D eigenvalue weighted by Crippen LogP contribution is -1.99. The molecular weight excluding hydrogens is 310 g/mol. The molecule has 0 radical (unpaired) electrons. The van der Waals surface area contributed by atoms with Crippen molar-refractivity contribution in [1.82, 2.24) is 0 Å². The normalized spacial score (nSPS) is 10.4. The minimum absolute atomic E-state index is 0.200. The summed E-state index contributed by atoms with van der Waals surface area (Å²) >= 11 is 0. The van der Waals surface area contributed by atoms with E-state index in [-0.39, 0.29) is 11.3 Å². The summed E-state index contributed by atoms with van der Waals surface area (Å²) in [5.41, 5.74) is 1.34. The lowest BCUT2D eigenvalue weighted by atomic mass is 10.1. The van der Waals surface area contributed by atoms with Crippen LogP contribution in [-0.2, 0) is 0 Å². The number of allylic oxidation sites excluding steroid dienone is 1. The third-order valence-electron chi connectivity index (χ3n) is 3.28. The van der Waals surface area contributed by atoms with E-state index in [4.69, 9.17) is 14.6 Å². The quantitative estimate of drug-likeness (QED) is 0.600. The number of hydrogen-bond acceptors (Lipinski definition) is 5. The topological polar surface area (TPSA) is 84.9 Å². The lowest BCUT2D eigenvalue weighted by Gasteiger charge is -2.08. The van der Waals surface area contributed by atoms with Gasteiger partial charge in [0.15, 0.2) is 17.3 Å². The van der Waals surface area contributed by atoms with Crippen LogP contribution < -0.4 is 14.8 Å². The Balaban J connectivity index is 2.03. The largest absolute Gasteiger partial charge is 0.493 e. The van der Waals surface area contributed by atoms with Gasteiger partial charge in [-0.3, -0.25) is 4.79 Å². The molecule has 0 aromatic heterocycles. The van der Waals surface area contributed by atoms with Crippen molar-refractivity contribution < 1.29 is 24.2 Å². The van der Waals surface area contributed by atoms with E-state index in [1.165, 1.54) is 38.6 Å². The van der Waals surface area contributed by atoms with Gasteiger partial charge in [0, 0.05) is 23.5 Å². The van der Waals surface area contributed by atoms with Crippen LogP contribution in [0.15, 0.2) is 54.7 Å². The Morgan fingerprint density at radius 2 is 1.58 bits per heavy atom. The van der Waals surface area contributed by atoms with Gasteiger partial charge in [0.25, 0.3) is 0 Å². The average molecular weight is 327 g/mol. The summed E-state index contributed by atoms with van der Waals surface area (Å²) in [7, 11) is 3.03.